The second kappa shape index (κ2) is 5.51. The summed E-state index contributed by atoms with van der Waals surface area (Å²) in [5, 5.41) is 9.07. The molecule has 0 bridgehead atoms. The third-order valence-electron chi connectivity index (χ3n) is 2.59. The van der Waals surface area contributed by atoms with E-state index in [4.69, 9.17) is 4.74 Å². The molecule has 5 nitrogen and oxygen atoms in total. The van der Waals surface area contributed by atoms with E-state index in [-0.39, 0.29) is 11.7 Å². The molecule has 1 heterocycles. The van der Waals surface area contributed by atoms with E-state index in [2.05, 4.69) is 15.5 Å². The number of carbonyl (C=O) groups is 1. The highest BCUT2D eigenvalue weighted by Crippen LogP contribution is 2.17. The van der Waals surface area contributed by atoms with Crippen LogP contribution in [-0.2, 0) is 4.79 Å². The van der Waals surface area contributed by atoms with Gasteiger partial charge in [-0.05, 0) is 26.0 Å². The van der Waals surface area contributed by atoms with Gasteiger partial charge in [0, 0.05) is 5.56 Å². The van der Waals surface area contributed by atoms with Gasteiger partial charge in [-0.2, -0.15) is 5.10 Å². The minimum atomic E-state index is -0.820. The molecule has 1 aromatic heterocycles. The predicted molar refractivity (Wildman–Crippen MR) is 68.4 cm³/mol. The molecule has 0 fully saturated rings. The second-order valence-electron chi connectivity index (χ2n) is 4.11. The third-order valence-corrected chi connectivity index (χ3v) is 2.59. The number of nitrogens with zero attached hydrogens (tertiary/aromatic N) is 1. The van der Waals surface area contributed by atoms with Crippen LogP contribution in [0.1, 0.15) is 12.5 Å². The number of aryl methyl sites for hydroxylation is 1. The van der Waals surface area contributed by atoms with Crippen LogP contribution in [0.2, 0.25) is 0 Å². The summed E-state index contributed by atoms with van der Waals surface area (Å²) in [5.41, 5.74) is 0.812. The fourth-order valence-corrected chi connectivity index (χ4v) is 1.48. The van der Waals surface area contributed by atoms with Crippen LogP contribution in [-0.4, -0.2) is 22.2 Å². The molecule has 2 N–H and O–H groups in total. The highest BCUT2D eigenvalue weighted by atomic mass is 19.1. The van der Waals surface area contributed by atoms with Gasteiger partial charge < -0.3 is 10.1 Å². The molecule has 0 saturated heterocycles. The van der Waals surface area contributed by atoms with E-state index in [1.54, 1.807) is 25.3 Å². The number of para-hydroxylation sites is 1. The minimum absolute atomic E-state index is 0.0477. The molecule has 0 aliphatic rings. The SMILES string of the molecule is Cc1cn[nH]c1NC(=O)C(C)Oc1ccccc1F. The zero-order chi connectivity index (χ0) is 13.8. The summed E-state index contributed by atoms with van der Waals surface area (Å²) in [5.74, 6) is -0.323. The number of H-pyrrole nitrogens is 1. The largest absolute Gasteiger partial charge is 0.478 e. The topological polar surface area (TPSA) is 67.0 Å². The summed E-state index contributed by atoms with van der Waals surface area (Å²) in [6.07, 6.45) is 0.775. The first-order valence-electron chi connectivity index (χ1n) is 5.80. The number of aromatic nitrogens is 2. The smallest absolute Gasteiger partial charge is 0.266 e. The Kier molecular flexibility index (Phi) is 3.79. The first-order chi connectivity index (χ1) is 9.08. The molecule has 0 spiro atoms. The van der Waals surface area contributed by atoms with Crippen molar-refractivity contribution in [3.8, 4) is 5.75 Å². The maximum atomic E-state index is 13.4. The van der Waals surface area contributed by atoms with Gasteiger partial charge in [0.25, 0.3) is 5.91 Å². The molecular weight excluding hydrogens is 249 g/mol. The Morgan fingerprint density at radius 1 is 1.47 bits per heavy atom. The van der Waals surface area contributed by atoms with Crippen molar-refractivity contribution in [1.82, 2.24) is 10.2 Å². The average molecular weight is 263 g/mol. The fourth-order valence-electron chi connectivity index (χ4n) is 1.48. The summed E-state index contributed by atoms with van der Waals surface area (Å²) in [7, 11) is 0. The van der Waals surface area contributed by atoms with Gasteiger partial charge in [0.15, 0.2) is 17.7 Å². The van der Waals surface area contributed by atoms with Crippen molar-refractivity contribution >= 4 is 11.7 Å². The van der Waals surface area contributed by atoms with Crippen LogP contribution >= 0.6 is 0 Å². The summed E-state index contributed by atoms with van der Waals surface area (Å²) in [6.45, 7) is 3.36. The number of anilines is 1. The van der Waals surface area contributed by atoms with Crippen LogP contribution in [0.25, 0.3) is 0 Å². The van der Waals surface area contributed by atoms with Crippen LogP contribution in [0.3, 0.4) is 0 Å². The number of hydrogen-bond acceptors (Lipinski definition) is 3. The Hall–Kier alpha value is -2.37. The van der Waals surface area contributed by atoms with Crippen molar-refractivity contribution in [2.45, 2.75) is 20.0 Å². The molecule has 100 valence electrons. The van der Waals surface area contributed by atoms with E-state index in [9.17, 15) is 9.18 Å². The Labute approximate surface area is 109 Å². The molecule has 6 heteroatoms. The number of benzene rings is 1. The Morgan fingerprint density at radius 3 is 2.84 bits per heavy atom. The molecule has 0 radical (unpaired) electrons. The van der Waals surface area contributed by atoms with Crippen molar-refractivity contribution in [1.29, 1.82) is 0 Å². The first kappa shape index (κ1) is 13.1. The van der Waals surface area contributed by atoms with Crippen molar-refractivity contribution in [2.75, 3.05) is 5.32 Å². The number of halogens is 1. The zero-order valence-corrected chi connectivity index (χ0v) is 10.6. The summed E-state index contributed by atoms with van der Waals surface area (Å²) < 4.78 is 18.7. The van der Waals surface area contributed by atoms with Crippen molar-refractivity contribution in [2.24, 2.45) is 0 Å². The molecule has 0 aliphatic carbocycles. The summed E-state index contributed by atoms with van der Waals surface area (Å²) in [6, 6.07) is 5.95. The van der Waals surface area contributed by atoms with E-state index in [0.29, 0.717) is 5.82 Å². The molecule has 19 heavy (non-hydrogen) atoms. The van der Waals surface area contributed by atoms with Crippen LogP contribution in [0.15, 0.2) is 30.5 Å². The minimum Gasteiger partial charge on any atom is -0.478 e. The standard InChI is InChI=1S/C13H14FN3O2/c1-8-7-15-17-12(8)16-13(18)9(2)19-11-6-4-3-5-10(11)14/h3-7,9H,1-2H3,(H2,15,16,17,18). The lowest BCUT2D eigenvalue weighted by atomic mass is 10.3. The van der Waals surface area contributed by atoms with E-state index in [1.165, 1.54) is 12.1 Å². The van der Waals surface area contributed by atoms with Crippen LogP contribution in [0.5, 0.6) is 5.75 Å². The van der Waals surface area contributed by atoms with Gasteiger partial charge in [0.05, 0.1) is 6.20 Å². The molecular formula is C13H14FN3O2. The van der Waals surface area contributed by atoms with Crippen molar-refractivity contribution < 1.29 is 13.9 Å². The maximum absolute atomic E-state index is 13.4. The summed E-state index contributed by atoms with van der Waals surface area (Å²) >= 11 is 0. The van der Waals surface area contributed by atoms with Crippen molar-refractivity contribution in [3.05, 3.63) is 41.8 Å². The highest BCUT2D eigenvalue weighted by molar-refractivity contribution is 5.93. The number of carbonyl (C=O) groups excluding carboxylic acids is 1. The lowest BCUT2D eigenvalue weighted by molar-refractivity contribution is -0.122. The fraction of sp³-hybridized carbons (Fsp3) is 0.231. The van der Waals surface area contributed by atoms with Gasteiger partial charge in [0.2, 0.25) is 0 Å². The van der Waals surface area contributed by atoms with Gasteiger partial charge >= 0.3 is 0 Å². The Bertz CT molecular complexity index is 583. The highest BCUT2D eigenvalue weighted by Gasteiger charge is 2.17. The number of aromatic amines is 1. The molecule has 2 aromatic rings. The van der Waals surface area contributed by atoms with Crippen LogP contribution in [0.4, 0.5) is 10.2 Å². The van der Waals surface area contributed by atoms with E-state index in [0.717, 1.165) is 5.56 Å². The van der Waals surface area contributed by atoms with Crippen LogP contribution in [0, 0.1) is 12.7 Å². The molecule has 2 rings (SSSR count). The number of amides is 1. The van der Waals surface area contributed by atoms with Gasteiger partial charge in [-0.3, -0.25) is 9.89 Å². The lowest BCUT2D eigenvalue weighted by Gasteiger charge is -2.14. The maximum Gasteiger partial charge on any atom is 0.266 e. The average Bonchev–Trinajstić information content (AvgIpc) is 2.78. The predicted octanol–water partition coefficient (Wildman–Crippen LogP) is 2.26. The first-order valence-corrected chi connectivity index (χ1v) is 5.80. The van der Waals surface area contributed by atoms with Crippen molar-refractivity contribution in [3.63, 3.8) is 0 Å². The van der Waals surface area contributed by atoms with E-state index < -0.39 is 11.9 Å². The van der Waals surface area contributed by atoms with Gasteiger partial charge in [0.1, 0.15) is 5.82 Å². The monoisotopic (exact) mass is 263 g/mol. The number of nitrogens with one attached hydrogen (secondary N) is 2. The number of rotatable bonds is 4. The molecule has 1 amide bonds. The number of hydrogen-bond donors (Lipinski definition) is 2. The van der Waals surface area contributed by atoms with E-state index >= 15 is 0 Å². The van der Waals surface area contributed by atoms with Crippen LogP contribution < -0.4 is 10.1 Å². The normalized spacial score (nSPS) is 11.9. The molecule has 1 atom stereocenters. The molecule has 1 aromatic carbocycles. The quantitative estimate of drug-likeness (QED) is 0.889. The zero-order valence-electron chi connectivity index (χ0n) is 10.6. The molecule has 1 unspecified atom stereocenters. The molecule has 0 saturated carbocycles. The lowest BCUT2D eigenvalue weighted by Crippen LogP contribution is -2.30. The third kappa shape index (κ3) is 3.09. The van der Waals surface area contributed by atoms with E-state index in [1.807, 2.05) is 6.92 Å². The van der Waals surface area contributed by atoms with Gasteiger partial charge in [-0.25, -0.2) is 4.39 Å². The number of ether oxygens (including phenoxy) is 1. The second-order valence-corrected chi connectivity index (χ2v) is 4.11. The Balaban J connectivity index is 2.00. The Morgan fingerprint density at radius 2 is 2.21 bits per heavy atom. The summed E-state index contributed by atoms with van der Waals surface area (Å²) in [4.78, 5) is 11.9. The van der Waals surface area contributed by atoms with Gasteiger partial charge in [-0.15, -0.1) is 0 Å². The van der Waals surface area contributed by atoms with Gasteiger partial charge in [-0.1, -0.05) is 12.1 Å². The molecule has 0 aliphatic heterocycles.